The molecule has 4 N–H and O–H groups in total. The molecule has 3 aromatic carbocycles. The number of para-hydroxylation sites is 1. The van der Waals surface area contributed by atoms with Gasteiger partial charge in [-0.15, -0.1) is 0 Å². The monoisotopic (exact) mass is 568 g/mol. The lowest BCUT2D eigenvalue weighted by Gasteiger charge is -2.25. The quantitative estimate of drug-likeness (QED) is 0.270. The average molecular weight is 569 g/mol. The van der Waals surface area contributed by atoms with Crippen molar-refractivity contribution in [2.24, 2.45) is 0 Å². The summed E-state index contributed by atoms with van der Waals surface area (Å²) in [7, 11) is -0.842. The molecular formula is C28H32N4O7S. The first-order chi connectivity index (χ1) is 18.9. The first-order valence-electron chi connectivity index (χ1n) is 12.2. The van der Waals surface area contributed by atoms with Gasteiger partial charge < -0.3 is 25.8 Å². The van der Waals surface area contributed by atoms with Crippen molar-refractivity contribution in [3.05, 3.63) is 83.4 Å². The first kappa shape index (κ1) is 30.1. The van der Waals surface area contributed by atoms with Crippen molar-refractivity contribution in [3.8, 4) is 5.75 Å². The lowest BCUT2D eigenvalue weighted by atomic mass is 10.0. The van der Waals surface area contributed by atoms with Crippen LogP contribution in [0.5, 0.6) is 5.75 Å². The van der Waals surface area contributed by atoms with E-state index in [1.54, 1.807) is 48.5 Å². The Labute approximate surface area is 233 Å². The molecule has 0 aliphatic heterocycles. The van der Waals surface area contributed by atoms with Crippen molar-refractivity contribution < 1.29 is 32.6 Å². The van der Waals surface area contributed by atoms with Crippen LogP contribution in [-0.2, 0) is 26.0 Å². The van der Waals surface area contributed by atoms with Gasteiger partial charge in [-0.05, 0) is 53.9 Å². The summed E-state index contributed by atoms with van der Waals surface area (Å²) in [6.07, 6.45) is 0.621. The highest BCUT2D eigenvalue weighted by Gasteiger charge is 2.26. The zero-order chi connectivity index (χ0) is 29.4. The number of aliphatic carboxylic acids is 1. The van der Waals surface area contributed by atoms with Crippen molar-refractivity contribution >= 4 is 45.0 Å². The van der Waals surface area contributed by atoms with Crippen LogP contribution in [0.2, 0.25) is 0 Å². The van der Waals surface area contributed by atoms with Gasteiger partial charge in [0, 0.05) is 18.4 Å². The number of anilines is 3. The molecule has 0 saturated heterocycles. The summed E-state index contributed by atoms with van der Waals surface area (Å²) >= 11 is 0. The lowest BCUT2D eigenvalue weighted by Crippen LogP contribution is -2.31. The molecule has 40 heavy (non-hydrogen) atoms. The SMILES string of the molecule is COc1cc(CC(=O)Nc2ccc([C@@H](CC(=O)O)N(C)S(C)(=O)=O)cc2)ccc1NC(=O)Nc1ccccc1C. The molecule has 0 aromatic heterocycles. The number of benzene rings is 3. The molecule has 0 radical (unpaired) electrons. The summed E-state index contributed by atoms with van der Waals surface area (Å²) in [5.41, 5.74) is 3.62. The standard InChI is InChI=1S/C28H32N4O7S/c1-18-7-5-6-8-22(18)30-28(36)31-23-14-9-19(15-25(23)39-3)16-26(33)29-21-12-10-20(11-13-21)24(17-27(34)35)32(2)40(4,37)38/h5-15,24H,16-17H2,1-4H3,(H,29,33)(H,34,35)(H2,30,31,36)/t24-/m1/s1. The molecule has 0 aliphatic rings. The number of carbonyl (C=O) groups is 3. The predicted octanol–water partition coefficient (Wildman–Crippen LogP) is 4.24. The molecule has 3 amide bonds. The van der Waals surface area contributed by atoms with E-state index in [0.29, 0.717) is 33.9 Å². The van der Waals surface area contributed by atoms with E-state index in [9.17, 15) is 27.9 Å². The van der Waals surface area contributed by atoms with Gasteiger partial charge in [0.2, 0.25) is 15.9 Å². The van der Waals surface area contributed by atoms with E-state index in [0.717, 1.165) is 16.1 Å². The smallest absolute Gasteiger partial charge is 0.323 e. The van der Waals surface area contributed by atoms with Crippen LogP contribution in [0.25, 0.3) is 0 Å². The minimum atomic E-state index is -3.63. The Kier molecular flexibility index (Phi) is 9.86. The molecular weight excluding hydrogens is 536 g/mol. The minimum Gasteiger partial charge on any atom is -0.495 e. The molecule has 0 saturated carbocycles. The van der Waals surface area contributed by atoms with Gasteiger partial charge in [-0.1, -0.05) is 36.4 Å². The zero-order valence-electron chi connectivity index (χ0n) is 22.6. The van der Waals surface area contributed by atoms with E-state index >= 15 is 0 Å². The van der Waals surface area contributed by atoms with Crippen LogP contribution >= 0.6 is 0 Å². The summed E-state index contributed by atoms with van der Waals surface area (Å²) in [6.45, 7) is 1.89. The fourth-order valence-corrected chi connectivity index (χ4v) is 4.63. The van der Waals surface area contributed by atoms with Crippen LogP contribution in [0.3, 0.4) is 0 Å². The molecule has 0 unspecified atom stereocenters. The summed E-state index contributed by atoms with van der Waals surface area (Å²) in [5, 5.41) is 17.5. The second kappa shape index (κ2) is 13.1. The van der Waals surface area contributed by atoms with Crippen molar-refractivity contribution in [3.63, 3.8) is 0 Å². The summed E-state index contributed by atoms with van der Waals surface area (Å²) < 4.78 is 30.3. The van der Waals surface area contributed by atoms with Crippen LogP contribution < -0.4 is 20.7 Å². The maximum absolute atomic E-state index is 12.7. The highest BCUT2D eigenvalue weighted by atomic mass is 32.2. The number of urea groups is 1. The number of hydrogen-bond acceptors (Lipinski definition) is 6. The maximum Gasteiger partial charge on any atom is 0.323 e. The Morgan fingerprint density at radius 2 is 1.60 bits per heavy atom. The van der Waals surface area contributed by atoms with Crippen LogP contribution in [0, 0.1) is 6.92 Å². The van der Waals surface area contributed by atoms with E-state index in [1.807, 2.05) is 25.1 Å². The highest BCUT2D eigenvalue weighted by Crippen LogP contribution is 2.28. The molecule has 0 heterocycles. The number of aryl methyl sites for hydroxylation is 1. The highest BCUT2D eigenvalue weighted by molar-refractivity contribution is 7.88. The third-order valence-electron chi connectivity index (χ3n) is 6.18. The van der Waals surface area contributed by atoms with Crippen LogP contribution in [0.1, 0.15) is 29.2 Å². The van der Waals surface area contributed by atoms with Crippen molar-refractivity contribution in [1.29, 1.82) is 0 Å². The van der Waals surface area contributed by atoms with Gasteiger partial charge in [-0.3, -0.25) is 9.59 Å². The molecule has 0 fully saturated rings. The summed E-state index contributed by atoms with van der Waals surface area (Å²) in [5.74, 6) is -1.07. The third-order valence-corrected chi connectivity index (χ3v) is 7.48. The van der Waals surface area contributed by atoms with Gasteiger partial charge in [0.1, 0.15) is 5.75 Å². The minimum absolute atomic E-state index is 0.0201. The molecule has 12 heteroatoms. The van der Waals surface area contributed by atoms with Crippen molar-refractivity contribution in [2.75, 3.05) is 36.4 Å². The Morgan fingerprint density at radius 3 is 2.20 bits per heavy atom. The molecule has 0 spiro atoms. The number of carboxylic acid groups (broad SMARTS) is 1. The van der Waals surface area contributed by atoms with E-state index in [4.69, 9.17) is 4.74 Å². The molecule has 212 valence electrons. The normalized spacial score (nSPS) is 11.9. The Balaban J connectivity index is 1.64. The fraction of sp³-hybridized carbons (Fsp3) is 0.250. The van der Waals surface area contributed by atoms with E-state index < -0.39 is 34.5 Å². The molecule has 3 rings (SSSR count). The summed E-state index contributed by atoms with van der Waals surface area (Å²) in [6, 6.07) is 17.4. The topological polar surface area (TPSA) is 154 Å². The molecule has 11 nitrogen and oxygen atoms in total. The number of hydrogen-bond donors (Lipinski definition) is 4. The number of carbonyl (C=O) groups excluding carboxylic acids is 2. The van der Waals surface area contributed by atoms with E-state index in [2.05, 4.69) is 16.0 Å². The predicted molar refractivity (Wildman–Crippen MR) is 153 cm³/mol. The van der Waals surface area contributed by atoms with Crippen LogP contribution in [0.4, 0.5) is 21.9 Å². The number of rotatable bonds is 11. The number of methoxy groups -OCH3 is 1. The Hall–Kier alpha value is -4.42. The maximum atomic E-state index is 12.7. The largest absolute Gasteiger partial charge is 0.495 e. The van der Waals surface area contributed by atoms with Gasteiger partial charge >= 0.3 is 12.0 Å². The lowest BCUT2D eigenvalue weighted by molar-refractivity contribution is -0.138. The molecule has 1 atom stereocenters. The van der Waals surface area contributed by atoms with Crippen molar-refractivity contribution in [1.82, 2.24) is 4.31 Å². The Bertz CT molecular complexity index is 1490. The number of carboxylic acids is 1. The van der Waals surface area contributed by atoms with Gasteiger partial charge in [-0.2, -0.15) is 4.31 Å². The van der Waals surface area contributed by atoms with E-state index in [1.165, 1.54) is 14.2 Å². The number of nitrogens with one attached hydrogen (secondary N) is 3. The summed E-state index contributed by atoms with van der Waals surface area (Å²) in [4.78, 5) is 36.5. The second-order valence-corrected chi connectivity index (χ2v) is 11.2. The number of nitrogens with zero attached hydrogens (tertiary/aromatic N) is 1. The van der Waals surface area contributed by atoms with Crippen molar-refractivity contribution in [2.45, 2.75) is 25.8 Å². The van der Waals surface area contributed by atoms with Crippen LogP contribution in [0.15, 0.2) is 66.7 Å². The Morgan fingerprint density at radius 1 is 0.950 bits per heavy atom. The van der Waals surface area contributed by atoms with Crippen LogP contribution in [-0.4, -0.2) is 56.2 Å². The first-order valence-corrected chi connectivity index (χ1v) is 14.1. The number of amides is 3. The van der Waals surface area contributed by atoms with Gasteiger partial charge in [0.25, 0.3) is 0 Å². The molecule has 0 aliphatic carbocycles. The van der Waals surface area contributed by atoms with Gasteiger partial charge in [0.15, 0.2) is 0 Å². The van der Waals surface area contributed by atoms with Gasteiger partial charge in [-0.25, -0.2) is 13.2 Å². The second-order valence-electron chi connectivity index (χ2n) is 9.17. The fourth-order valence-electron chi connectivity index (χ4n) is 3.97. The van der Waals surface area contributed by atoms with Gasteiger partial charge in [0.05, 0.1) is 37.9 Å². The molecule has 0 bridgehead atoms. The third kappa shape index (κ3) is 8.29. The number of sulfonamides is 1. The molecule has 3 aromatic rings. The average Bonchev–Trinajstić information content (AvgIpc) is 2.89. The zero-order valence-corrected chi connectivity index (χ0v) is 23.4. The number of ether oxygens (including phenoxy) is 1. The van der Waals surface area contributed by atoms with E-state index in [-0.39, 0.29) is 12.3 Å².